The van der Waals surface area contributed by atoms with Crippen molar-refractivity contribution >= 4 is 42.4 Å². The van der Waals surface area contributed by atoms with Gasteiger partial charge in [-0.2, -0.15) is 0 Å². The van der Waals surface area contributed by atoms with Crippen LogP contribution in [0.2, 0.25) is 0 Å². The molecule has 3 aromatic rings. The van der Waals surface area contributed by atoms with E-state index in [1.165, 1.54) is 23.5 Å². The van der Waals surface area contributed by atoms with Crippen molar-refractivity contribution in [3.05, 3.63) is 53.6 Å². The van der Waals surface area contributed by atoms with E-state index in [1.54, 1.807) is 18.2 Å². The van der Waals surface area contributed by atoms with Crippen LogP contribution < -0.4 is 5.32 Å². The van der Waals surface area contributed by atoms with Crippen molar-refractivity contribution in [2.75, 3.05) is 11.1 Å². The van der Waals surface area contributed by atoms with Crippen LogP contribution in [0, 0.1) is 13.8 Å². The fraction of sp³-hybridized carbons (Fsp3) is 0.176. The number of aryl methyl sites for hydroxylation is 2. The molecule has 0 aliphatic carbocycles. The second-order valence-electron chi connectivity index (χ2n) is 5.49. The van der Waals surface area contributed by atoms with Gasteiger partial charge in [0.25, 0.3) is 0 Å². The maximum atomic E-state index is 12.2. The zero-order valence-corrected chi connectivity index (χ0v) is 14.9. The maximum absolute atomic E-state index is 12.2. The highest BCUT2D eigenvalue weighted by Crippen LogP contribution is 2.29. The lowest BCUT2D eigenvalue weighted by atomic mass is 10.1. The van der Waals surface area contributed by atoms with Crippen LogP contribution in [0.3, 0.4) is 0 Å². The minimum absolute atomic E-state index is 0.135. The van der Waals surface area contributed by atoms with Crippen LogP contribution in [0.5, 0.6) is 0 Å². The first-order valence-corrected chi connectivity index (χ1v) is 9.78. The molecule has 0 fully saturated rings. The minimum atomic E-state index is -3.66. The number of fused-ring (bicyclic) bond motifs is 1. The Balaban J connectivity index is 1.79. The molecule has 124 valence electrons. The van der Waals surface area contributed by atoms with Crippen LogP contribution in [0.25, 0.3) is 10.2 Å². The molecule has 0 saturated carbocycles. The van der Waals surface area contributed by atoms with Crippen LogP contribution >= 0.6 is 11.3 Å². The topological polar surface area (TPSA) is 76.1 Å². The van der Waals surface area contributed by atoms with Gasteiger partial charge in [-0.05, 0) is 43.2 Å². The number of aromatic nitrogens is 1. The van der Waals surface area contributed by atoms with E-state index in [2.05, 4.69) is 10.3 Å². The molecular formula is C17H16N2O3S2. The predicted molar refractivity (Wildman–Crippen MR) is 96.2 cm³/mol. The first kappa shape index (κ1) is 16.6. The Kier molecular flexibility index (Phi) is 4.38. The number of sulfone groups is 1. The molecule has 1 amide bonds. The van der Waals surface area contributed by atoms with Crippen LogP contribution in [-0.4, -0.2) is 25.1 Å². The van der Waals surface area contributed by atoms with Gasteiger partial charge in [-0.1, -0.05) is 35.6 Å². The van der Waals surface area contributed by atoms with E-state index in [1.807, 2.05) is 26.0 Å². The van der Waals surface area contributed by atoms with Crippen LogP contribution in [0.1, 0.15) is 11.1 Å². The number of benzene rings is 2. The Labute approximate surface area is 144 Å². The minimum Gasteiger partial charge on any atom is -0.301 e. The van der Waals surface area contributed by atoms with Gasteiger partial charge in [0.05, 0.1) is 15.1 Å². The fourth-order valence-corrected chi connectivity index (χ4v) is 4.42. The quantitative estimate of drug-likeness (QED) is 0.774. The van der Waals surface area contributed by atoms with Crippen LogP contribution in [-0.2, 0) is 14.6 Å². The number of anilines is 1. The summed E-state index contributed by atoms with van der Waals surface area (Å²) in [5.41, 5.74) is 3.01. The van der Waals surface area contributed by atoms with Crippen molar-refractivity contribution in [3.63, 3.8) is 0 Å². The van der Waals surface area contributed by atoms with Gasteiger partial charge in [0.2, 0.25) is 5.91 Å². The lowest BCUT2D eigenvalue weighted by Gasteiger charge is -2.04. The lowest BCUT2D eigenvalue weighted by molar-refractivity contribution is -0.113. The summed E-state index contributed by atoms with van der Waals surface area (Å²) in [4.78, 5) is 16.6. The van der Waals surface area contributed by atoms with Crippen molar-refractivity contribution in [3.8, 4) is 0 Å². The van der Waals surface area contributed by atoms with Gasteiger partial charge >= 0.3 is 0 Å². The van der Waals surface area contributed by atoms with E-state index in [0.717, 1.165) is 21.3 Å². The van der Waals surface area contributed by atoms with E-state index in [-0.39, 0.29) is 4.90 Å². The lowest BCUT2D eigenvalue weighted by Crippen LogP contribution is -2.22. The molecule has 1 aromatic heterocycles. The van der Waals surface area contributed by atoms with Gasteiger partial charge < -0.3 is 5.32 Å². The van der Waals surface area contributed by atoms with Crippen molar-refractivity contribution in [2.24, 2.45) is 0 Å². The summed E-state index contributed by atoms with van der Waals surface area (Å²) in [6, 6.07) is 11.9. The summed E-state index contributed by atoms with van der Waals surface area (Å²) in [6.07, 6.45) is 0. The van der Waals surface area contributed by atoms with E-state index in [0.29, 0.717) is 5.13 Å². The third-order valence-corrected chi connectivity index (χ3v) is 6.32. The Morgan fingerprint density at radius 1 is 1.12 bits per heavy atom. The predicted octanol–water partition coefficient (Wildman–Crippen LogP) is 3.33. The molecule has 0 atom stereocenters. The third-order valence-electron chi connectivity index (χ3n) is 3.75. The molecule has 24 heavy (non-hydrogen) atoms. The molecule has 0 aliphatic heterocycles. The number of rotatable bonds is 4. The summed E-state index contributed by atoms with van der Waals surface area (Å²) in [5, 5.41) is 3.00. The number of carbonyl (C=O) groups excluding carboxylic acids is 1. The zero-order valence-electron chi connectivity index (χ0n) is 13.2. The third kappa shape index (κ3) is 3.32. The second-order valence-corrected chi connectivity index (χ2v) is 8.51. The molecule has 0 aliphatic rings. The Hall–Kier alpha value is -2.25. The van der Waals surface area contributed by atoms with Gasteiger partial charge in [0, 0.05) is 0 Å². The Morgan fingerprint density at radius 3 is 2.54 bits per heavy atom. The molecule has 2 aromatic carbocycles. The van der Waals surface area contributed by atoms with Crippen molar-refractivity contribution in [1.82, 2.24) is 4.98 Å². The van der Waals surface area contributed by atoms with Gasteiger partial charge in [-0.25, -0.2) is 13.4 Å². The summed E-state index contributed by atoms with van der Waals surface area (Å²) in [6.45, 7) is 3.97. The molecule has 3 rings (SSSR count). The average Bonchev–Trinajstić information content (AvgIpc) is 2.94. The molecule has 0 radical (unpaired) electrons. The molecule has 1 heterocycles. The van der Waals surface area contributed by atoms with Crippen molar-refractivity contribution in [2.45, 2.75) is 18.7 Å². The Morgan fingerprint density at radius 2 is 1.83 bits per heavy atom. The first-order valence-electron chi connectivity index (χ1n) is 7.31. The summed E-state index contributed by atoms with van der Waals surface area (Å²) >= 11 is 1.33. The number of amides is 1. The number of hydrogen-bond acceptors (Lipinski definition) is 5. The highest BCUT2D eigenvalue weighted by molar-refractivity contribution is 7.92. The molecule has 7 heteroatoms. The molecule has 0 spiro atoms. The van der Waals surface area contributed by atoms with Gasteiger partial charge in [0.15, 0.2) is 15.0 Å². The fourth-order valence-electron chi connectivity index (χ4n) is 2.32. The van der Waals surface area contributed by atoms with Crippen molar-refractivity contribution < 1.29 is 13.2 Å². The van der Waals surface area contributed by atoms with Gasteiger partial charge in [-0.3, -0.25) is 4.79 Å². The molecular weight excluding hydrogens is 344 g/mol. The average molecular weight is 360 g/mol. The number of nitrogens with zero attached hydrogens (tertiary/aromatic N) is 1. The number of hydrogen-bond donors (Lipinski definition) is 1. The molecule has 1 N–H and O–H groups in total. The highest BCUT2D eigenvalue weighted by Gasteiger charge is 2.20. The summed E-state index contributed by atoms with van der Waals surface area (Å²) in [7, 11) is -3.66. The van der Waals surface area contributed by atoms with Crippen LogP contribution in [0.4, 0.5) is 5.13 Å². The van der Waals surface area contributed by atoms with E-state index in [9.17, 15) is 13.2 Å². The van der Waals surface area contributed by atoms with E-state index >= 15 is 0 Å². The van der Waals surface area contributed by atoms with Crippen molar-refractivity contribution in [1.29, 1.82) is 0 Å². The Bertz CT molecular complexity index is 1010. The SMILES string of the molecule is Cc1ccc2sc(NC(=O)CS(=O)(=O)c3ccccc3)nc2c1C. The summed E-state index contributed by atoms with van der Waals surface area (Å²) in [5.74, 6) is -1.20. The standard InChI is InChI=1S/C17H16N2O3S2/c1-11-8-9-14-16(12(11)2)19-17(23-14)18-15(20)10-24(21,22)13-6-4-3-5-7-13/h3-9H,10H2,1-2H3,(H,18,19,20). The summed E-state index contributed by atoms with van der Waals surface area (Å²) < 4.78 is 25.4. The highest BCUT2D eigenvalue weighted by atomic mass is 32.2. The maximum Gasteiger partial charge on any atom is 0.241 e. The molecule has 0 saturated heterocycles. The number of thiazole rings is 1. The normalized spacial score (nSPS) is 11.6. The molecule has 5 nitrogen and oxygen atoms in total. The van der Waals surface area contributed by atoms with Gasteiger partial charge in [-0.15, -0.1) is 0 Å². The van der Waals surface area contributed by atoms with Gasteiger partial charge in [0.1, 0.15) is 5.75 Å². The van der Waals surface area contributed by atoms with Crippen LogP contribution in [0.15, 0.2) is 47.4 Å². The smallest absolute Gasteiger partial charge is 0.241 e. The zero-order chi connectivity index (χ0) is 17.3. The van der Waals surface area contributed by atoms with E-state index < -0.39 is 21.5 Å². The number of carbonyl (C=O) groups is 1. The first-order chi connectivity index (χ1) is 11.4. The van der Waals surface area contributed by atoms with E-state index in [4.69, 9.17) is 0 Å². The second kappa shape index (κ2) is 6.33. The largest absolute Gasteiger partial charge is 0.301 e. The monoisotopic (exact) mass is 360 g/mol. The molecule has 0 bridgehead atoms. The molecule has 0 unspecified atom stereocenters. The number of nitrogens with one attached hydrogen (secondary N) is 1.